The lowest BCUT2D eigenvalue weighted by molar-refractivity contribution is -0.142. The summed E-state index contributed by atoms with van der Waals surface area (Å²) in [5.74, 6) is -2.26. The van der Waals surface area contributed by atoms with Crippen LogP contribution in [0.5, 0.6) is 0 Å². The van der Waals surface area contributed by atoms with Crippen molar-refractivity contribution in [1.29, 1.82) is 0 Å². The van der Waals surface area contributed by atoms with Crippen LogP contribution in [0.2, 0.25) is 0 Å². The summed E-state index contributed by atoms with van der Waals surface area (Å²) in [4.78, 5) is 15.6. The van der Waals surface area contributed by atoms with Crippen molar-refractivity contribution in [3.05, 3.63) is 41.4 Å². The first-order valence-corrected chi connectivity index (χ1v) is 6.71. The zero-order valence-electron chi connectivity index (χ0n) is 11.4. The number of benzene rings is 1. The molecule has 1 unspecified atom stereocenters. The minimum Gasteiger partial charge on any atom is -0.481 e. The second-order valence-electron chi connectivity index (χ2n) is 5.28. The lowest BCUT2D eigenvalue weighted by Crippen LogP contribution is -2.27. The fraction of sp³-hybridized carbons (Fsp3) is 0.333. The zero-order valence-corrected chi connectivity index (χ0v) is 11.4. The summed E-state index contributed by atoms with van der Waals surface area (Å²) in [5, 5.41) is 9.12. The predicted molar refractivity (Wildman–Crippen MR) is 71.8 cm³/mol. The van der Waals surface area contributed by atoms with Gasteiger partial charge in [0.15, 0.2) is 11.6 Å². The monoisotopic (exact) mass is 292 g/mol. The second kappa shape index (κ2) is 4.95. The first-order valence-electron chi connectivity index (χ1n) is 6.71. The lowest BCUT2D eigenvalue weighted by atomic mass is 9.99. The van der Waals surface area contributed by atoms with E-state index in [1.807, 2.05) is 11.5 Å². The smallest absolute Gasteiger partial charge is 0.308 e. The fourth-order valence-electron chi connectivity index (χ4n) is 2.76. The van der Waals surface area contributed by atoms with Crippen molar-refractivity contribution in [3.8, 4) is 11.3 Å². The first-order chi connectivity index (χ1) is 9.97. The number of nitrogens with zero attached hydrogens (tertiary/aromatic N) is 2. The molecule has 0 saturated carbocycles. The summed E-state index contributed by atoms with van der Waals surface area (Å²) in [7, 11) is 0. The summed E-state index contributed by atoms with van der Waals surface area (Å²) in [6.45, 7) is 2.19. The largest absolute Gasteiger partial charge is 0.481 e. The van der Waals surface area contributed by atoms with Crippen LogP contribution in [0.3, 0.4) is 0 Å². The average Bonchev–Trinajstić information content (AvgIpc) is 2.79. The maximum atomic E-state index is 13.4. The number of halogens is 2. The molecule has 21 heavy (non-hydrogen) atoms. The standard InChI is InChI=1S/C15H14F2N2O2/c1-8-14(9-2-4-11(16)12(17)6-9)18-13-5-3-10(15(20)21)7-19(8)13/h2,4,6,10H,3,5,7H2,1H3,(H,20,21). The Labute approximate surface area is 120 Å². The van der Waals surface area contributed by atoms with Gasteiger partial charge in [-0.1, -0.05) is 0 Å². The number of imidazole rings is 1. The van der Waals surface area contributed by atoms with Crippen LogP contribution in [-0.4, -0.2) is 20.6 Å². The van der Waals surface area contributed by atoms with Crippen LogP contribution in [0.15, 0.2) is 18.2 Å². The van der Waals surface area contributed by atoms with E-state index in [-0.39, 0.29) is 0 Å². The van der Waals surface area contributed by atoms with Crippen molar-refractivity contribution >= 4 is 5.97 Å². The Morgan fingerprint density at radius 2 is 2.14 bits per heavy atom. The maximum absolute atomic E-state index is 13.4. The fourth-order valence-corrected chi connectivity index (χ4v) is 2.76. The molecule has 1 aromatic heterocycles. The van der Waals surface area contributed by atoms with E-state index >= 15 is 0 Å². The number of carbonyl (C=O) groups is 1. The molecule has 0 aliphatic carbocycles. The van der Waals surface area contributed by atoms with Gasteiger partial charge in [0.05, 0.1) is 11.6 Å². The van der Waals surface area contributed by atoms with Crippen molar-refractivity contribution in [1.82, 2.24) is 9.55 Å². The van der Waals surface area contributed by atoms with Gasteiger partial charge in [-0.15, -0.1) is 0 Å². The summed E-state index contributed by atoms with van der Waals surface area (Å²) in [6.07, 6.45) is 1.12. The van der Waals surface area contributed by atoms with Gasteiger partial charge in [-0.05, 0) is 31.5 Å². The number of fused-ring (bicyclic) bond motifs is 1. The van der Waals surface area contributed by atoms with Crippen molar-refractivity contribution in [2.24, 2.45) is 5.92 Å². The van der Waals surface area contributed by atoms with E-state index in [1.54, 1.807) is 0 Å². The molecule has 2 heterocycles. The maximum Gasteiger partial charge on any atom is 0.308 e. The minimum atomic E-state index is -0.915. The van der Waals surface area contributed by atoms with Crippen LogP contribution >= 0.6 is 0 Å². The Morgan fingerprint density at radius 3 is 2.81 bits per heavy atom. The Hall–Kier alpha value is -2.24. The number of aliphatic carboxylic acids is 1. The molecule has 0 fully saturated rings. The van der Waals surface area contributed by atoms with Crippen molar-refractivity contribution in [2.45, 2.75) is 26.3 Å². The van der Waals surface area contributed by atoms with Gasteiger partial charge in [0.1, 0.15) is 5.82 Å². The molecule has 0 bridgehead atoms. The normalized spacial score (nSPS) is 17.6. The highest BCUT2D eigenvalue weighted by Gasteiger charge is 2.27. The average molecular weight is 292 g/mol. The molecule has 110 valence electrons. The molecule has 4 nitrogen and oxygen atoms in total. The third kappa shape index (κ3) is 2.30. The number of aromatic nitrogens is 2. The molecular weight excluding hydrogens is 278 g/mol. The molecule has 1 aromatic carbocycles. The van der Waals surface area contributed by atoms with Crippen LogP contribution < -0.4 is 0 Å². The summed E-state index contributed by atoms with van der Waals surface area (Å²) < 4.78 is 28.2. The van der Waals surface area contributed by atoms with Gasteiger partial charge < -0.3 is 9.67 Å². The molecule has 6 heteroatoms. The molecule has 2 aromatic rings. The highest BCUT2D eigenvalue weighted by molar-refractivity contribution is 5.70. The Morgan fingerprint density at radius 1 is 1.38 bits per heavy atom. The summed E-state index contributed by atoms with van der Waals surface area (Å²) >= 11 is 0. The molecule has 0 amide bonds. The van der Waals surface area contributed by atoms with Crippen LogP contribution in [0.25, 0.3) is 11.3 Å². The van der Waals surface area contributed by atoms with Gasteiger partial charge in [0.25, 0.3) is 0 Å². The van der Waals surface area contributed by atoms with E-state index in [0.717, 1.165) is 23.7 Å². The topological polar surface area (TPSA) is 55.1 Å². The van der Waals surface area contributed by atoms with Crippen LogP contribution in [-0.2, 0) is 17.8 Å². The third-order valence-corrected chi connectivity index (χ3v) is 3.96. The van der Waals surface area contributed by atoms with E-state index in [4.69, 9.17) is 5.11 Å². The quantitative estimate of drug-likeness (QED) is 0.926. The van der Waals surface area contributed by atoms with Crippen LogP contribution in [0.4, 0.5) is 8.78 Å². The molecule has 0 spiro atoms. The predicted octanol–water partition coefficient (Wildman–Crippen LogP) is 2.78. The molecule has 3 rings (SSSR count). The Bertz CT molecular complexity index is 725. The van der Waals surface area contributed by atoms with E-state index in [2.05, 4.69) is 4.98 Å². The molecule has 1 aliphatic heterocycles. The number of hydrogen-bond donors (Lipinski definition) is 1. The van der Waals surface area contributed by atoms with E-state index in [0.29, 0.717) is 30.6 Å². The van der Waals surface area contributed by atoms with E-state index < -0.39 is 23.5 Å². The molecule has 0 radical (unpaired) electrons. The van der Waals surface area contributed by atoms with Gasteiger partial charge in [0, 0.05) is 24.2 Å². The zero-order chi connectivity index (χ0) is 15.1. The second-order valence-corrected chi connectivity index (χ2v) is 5.28. The van der Waals surface area contributed by atoms with E-state index in [1.165, 1.54) is 6.07 Å². The number of aryl methyl sites for hydroxylation is 1. The number of rotatable bonds is 2. The third-order valence-electron chi connectivity index (χ3n) is 3.96. The van der Waals surface area contributed by atoms with Crippen molar-refractivity contribution < 1.29 is 18.7 Å². The van der Waals surface area contributed by atoms with Crippen LogP contribution in [0.1, 0.15) is 17.9 Å². The highest BCUT2D eigenvalue weighted by Crippen LogP contribution is 2.29. The van der Waals surface area contributed by atoms with Gasteiger partial charge in [-0.3, -0.25) is 4.79 Å². The molecular formula is C15H14F2N2O2. The molecule has 1 N–H and O–H groups in total. The number of carboxylic acids is 1. The summed E-state index contributed by atoms with van der Waals surface area (Å²) in [5.41, 5.74) is 1.86. The van der Waals surface area contributed by atoms with Crippen molar-refractivity contribution in [2.75, 3.05) is 0 Å². The lowest BCUT2D eigenvalue weighted by Gasteiger charge is -2.21. The van der Waals surface area contributed by atoms with E-state index in [9.17, 15) is 13.6 Å². The SMILES string of the molecule is Cc1c(-c2ccc(F)c(F)c2)nc2n1CC(C(=O)O)CC2. The van der Waals surface area contributed by atoms with Gasteiger partial charge in [-0.2, -0.15) is 0 Å². The number of hydrogen-bond acceptors (Lipinski definition) is 2. The summed E-state index contributed by atoms with van der Waals surface area (Å²) in [6, 6.07) is 3.67. The van der Waals surface area contributed by atoms with Gasteiger partial charge in [0.2, 0.25) is 0 Å². The van der Waals surface area contributed by atoms with Crippen molar-refractivity contribution in [3.63, 3.8) is 0 Å². The van der Waals surface area contributed by atoms with Crippen LogP contribution in [0, 0.1) is 24.5 Å². The molecule has 1 aliphatic rings. The Kier molecular flexibility index (Phi) is 3.23. The first kappa shape index (κ1) is 13.7. The van der Waals surface area contributed by atoms with Gasteiger partial charge >= 0.3 is 5.97 Å². The Balaban J connectivity index is 2.03. The van der Waals surface area contributed by atoms with Gasteiger partial charge in [-0.25, -0.2) is 13.8 Å². The molecule has 1 atom stereocenters. The minimum absolute atomic E-state index is 0.368. The molecule has 0 saturated heterocycles. The number of carboxylic acid groups (broad SMARTS) is 1. The highest BCUT2D eigenvalue weighted by atomic mass is 19.2.